The number of nitriles is 2. The van der Waals surface area contributed by atoms with Gasteiger partial charge in [0.2, 0.25) is 11.6 Å². The summed E-state index contributed by atoms with van der Waals surface area (Å²) in [5, 5.41) is 27.5. The van der Waals surface area contributed by atoms with Crippen molar-refractivity contribution in [2.24, 2.45) is 16.6 Å². The first-order valence-corrected chi connectivity index (χ1v) is 10.5. The zero-order chi connectivity index (χ0) is 24.5. The van der Waals surface area contributed by atoms with E-state index in [0.29, 0.717) is 5.88 Å². The molecule has 0 heterocycles. The van der Waals surface area contributed by atoms with Crippen molar-refractivity contribution in [3.05, 3.63) is 74.0 Å². The number of nitrogens with zero attached hydrogens (tertiary/aromatic N) is 4. The summed E-state index contributed by atoms with van der Waals surface area (Å²) in [5.41, 5.74) is 9.87. The van der Waals surface area contributed by atoms with Crippen molar-refractivity contribution in [3.8, 4) is 12.1 Å². The van der Waals surface area contributed by atoms with Crippen LogP contribution in [-0.2, 0) is 26.9 Å². The van der Waals surface area contributed by atoms with Gasteiger partial charge in [-0.3, -0.25) is 9.59 Å². The van der Waals surface area contributed by atoms with Crippen LogP contribution in [0.2, 0.25) is 0 Å². The van der Waals surface area contributed by atoms with Crippen molar-refractivity contribution in [1.82, 2.24) is 0 Å². The number of carbonyl (C=O) groups is 2. The number of primary amides is 2. The standard InChI is InChI=1S/C10H8BrN3O2.C7H6BrCl.C3H2N3O.Na.H2O/c11-8-3-1-2-7(4-8)6-16-14-9(5-12)10(13)15;8-7-3-1-2-6(4-7)5-9;4-1-2(5)3(6)7;;/h1-4H,6H2,(H2,13,15);1-4H,5H2;(H2,6,7);;1H2/q;;-1;+1;/p-1. The van der Waals surface area contributed by atoms with Crippen molar-refractivity contribution >= 4 is 66.7 Å². The Morgan fingerprint density at radius 1 is 1.00 bits per heavy atom. The normalized spacial score (nSPS) is 8.91. The minimum atomic E-state index is -1.09. The molecule has 14 heteroatoms. The molecule has 0 unspecified atom stereocenters. The van der Waals surface area contributed by atoms with E-state index in [4.69, 9.17) is 38.1 Å². The molecule has 0 aliphatic heterocycles. The zero-order valence-electron chi connectivity index (χ0n) is 17.8. The molecule has 174 valence electrons. The number of halogens is 3. The Morgan fingerprint density at radius 2 is 1.50 bits per heavy atom. The van der Waals surface area contributed by atoms with Crippen molar-refractivity contribution in [2.45, 2.75) is 12.5 Å². The van der Waals surface area contributed by atoms with Gasteiger partial charge in [0.15, 0.2) is 0 Å². The van der Waals surface area contributed by atoms with Crippen molar-refractivity contribution < 1.29 is 49.5 Å². The van der Waals surface area contributed by atoms with Crippen LogP contribution in [0, 0.1) is 22.7 Å². The van der Waals surface area contributed by atoms with E-state index in [1.54, 1.807) is 6.07 Å². The summed E-state index contributed by atoms with van der Waals surface area (Å²) in [7, 11) is 0. The largest absolute Gasteiger partial charge is 1.00 e. The summed E-state index contributed by atoms with van der Waals surface area (Å²) in [4.78, 5) is 25.1. The molecular weight excluding hydrogens is 607 g/mol. The van der Waals surface area contributed by atoms with Gasteiger partial charge >= 0.3 is 29.6 Å². The molecule has 2 aromatic carbocycles. The van der Waals surface area contributed by atoms with Crippen LogP contribution in [0.4, 0.5) is 0 Å². The van der Waals surface area contributed by atoms with Crippen molar-refractivity contribution in [3.63, 3.8) is 0 Å². The number of rotatable bonds is 6. The summed E-state index contributed by atoms with van der Waals surface area (Å²) in [6.45, 7) is 0.165. The quantitative estimate of drug-likeness (QED) is 0.201. The van der Waals surface area contributed by atoms with Crippen LogP contribution in [0.25, 0.3) is 5.41 Å². The molecule has 10 nitrogen and oxygen atoms in total. The molecule has 0 atom stereocenters. The van der Waals surface area contributed by atoms with E-state index in [-0.39, 0.29) is 41.6 Å². The number of benzene rings is 2. The van der Waals surface area contributed by atoms with Crippen LogP contribution < -0.4 is 41.0 Å². The molecule has 2 amide bonds. The number of nitrogens with two attached hydrogens (primary N) is 2. The number of carbonyl (C=O) groups excluding carboxylic acids is 2. The van der Waals surface area contributed by atoms with Crippen molar-refractivity contribution in [1.29, 1.82) is 10.5 Å². The first kappa shape index (κ1) is 36.3. The van der Waals surface area contributed by atoms with Gasteiger partial charge in [-0.1, -0.05) is 61.3 Å². The van der Waals surface area contributed by atoms with Gasteiger partial charge in [0.25, 0.3) is 5.91 Å². The topological polar surface area (TPSA) is 208 Å². The molecule has 0 aliphatic carbocycles. The van der Waals surface area contributed by atoms with Gasteiger partial charge in [-0.25, -0.2) is 0 Å². The summed E-state index contributed by atoms with van der Waals surface area (Å²) < 4.78 is 1.99. The van der Waals surface area contributed by atoms with Crippen LogP contribution in [0.15, 0.2) is 62.6 Å². The third-order valence-electron chi connectivity index (χ3n) is 3.00. The second-order valence-electron chi connectivity index (χ2n) is 5.41. The predicted octanol–water partition coefficient (Wildman–Crippen LogP) is 0.351. The SMILES string of the molecule is ClCc1cccc(Br)c1.N#CC(=NOCc1cccc(Br)c1)C(N)=O.N#CC(=[N-])C(N)=O.[Na+].[OH-]. The van der Waals surface area contributed by atoms with Crippen LogP contribution >= 0.6 is 43.5 Å². The maximum atomic E-state index is 10.6. The van der Waals surface area contributed by atoms with Gasteiger partial charge in [0.05, 0.1) is 6.07 Å². The van der Waals surface area contributed by atoms with Gasteiger partial charge in [0.1, 0.15) is 12.7 Å². The van der Waals surface area contributed by atoms with E-state index < -0.39 is 23.2 Å². The smallest absolute Gasteiger partial charge is 0.870 e. The minimum absolute atomic E-state index is 0. The van der Waals surface area contributed by atoms with E-state index in [1.165, 1.54) is 0 Å². The molecule has 2 rings (SSSR count). The molecule has 5 N–H and O–H groups in total. The summed E-state index contributed by atoms with van der Waals surface area (Å²) >= 11 is 12.2. The van der Waals surface area contributed by atoms with E-state index in [1.807, 2.05) is 48.5 Å². The first-order valence-electron chi connectivity index (χ1n) is 8.35. The molecule has 0 saturated carbocycles. The van der Waals surface area contributed by atoms with Gasteiger partial charge in [-0.2, -0.15) is 10.5 Å². The van der Waals surface area contributed by atoms with E-state index >= 15 is 0 Å². The Bertz CT molecular complexity index is 1070. The molecule has 0 saturated heterocycles. The summed E-state index contributed by atoms with van der Waals surface area (Å²) in [6, 6.07) is 18.0. The molecule has 0 aromatic heterocycles. The second kappa shape index (κ2) is 21.3. The molecule has 0 bridgehead atoms. The maximum Gasteiger partial charge on any atom is 1.00 e. The fourth-order valence-corrected chi connectivity index (χ4v) is 2.65. The average molecular weight is 624 g/mol. The Kier molecular flexibility index (Phi) is 22.7. The Hall–Kier alpha value is -2.29. The number of alkyl halides is 1. The fourth-order valence-electron chi connectivity index (χ4n) is 1.59. The molecule has 2 aromatic rings. The minimum Gasteiger partial charge on any atom is -0.870 e. The van der Waals surface area contributed by atoms with Gasteiger partial charge in [-0.15, -0.1) is 11.6 Å². The van der Waals surface area contributed by atoms with Gasteiger partial charge < -0.3 is 27.2 Å². The molecule has 34 heavy (non-hydrogen) atoms. The number of hydrogen-bond acceptors (Lipinski definition) is 7. The molecule has 0 spiro atoms. The zero-order valence-corrected chi connectivity index (χ0v) is 23.7. The second-order valence-corrected chi connectivity index (χ2v) is 7.51. The Balaban J connectivity index is -0.000000456. The molecule has 0 aliphatic rings. The predicted molar refractivity (Wildman–Crippen MR) is 130 cm³/mol. The van der Waals surface area contributed by atoms with Crippen molar-refractivity contribution in [2.75, 3.05) is 0 Å². The Morgan fingerprint density at radius 3 is 1.82 bits per heavy atom. The third-order valence-corrected chi connectivity index (χ3v) is 4.29. The monoisotopic (exact) mass is 621 g/mol. The average Bonchev–Trinajstić information content (AvgIpc) is 2.76. The third kappa shape index (κ3) is 17.2. The van der Waals surface area contributed by atoms with Gasteiger partial charge in [0, 0.05) is 14.8 Å². The van der Waals surface area contributed by atoms with Gasteiger partial charge in [-0.05, 0) is 41.1 Å². The molecule has 0 radical (unpaired) electrons. The molecular formula is C20H17Br2ClN6NaO4-. The van der Waals surface area contributed by atoms with E-state index in [2.05, 4.69) is 42.7 Å². The number of amides is 2. The van der Waals surface area contributed by atoms with E-state index in [9.17, 15) is 9.59 Å². The molecule has 0 fully saturated rings. The maximum absolute atomic E-state index is 10.6. The first-order chi connectivity index (χ1) is 15.1. The van der Waals surface area contributed by atoms with Crippen LogP contribution in [-0.4, -0.2) is 28.7 Å². The van der Waals surface area contributed by atoms with Crippen LogP contribution in [0.1, 0.15) is 11.1 Å². The number of hydrogen-bond donors (Lipinski definition) is 2. The number of oxime groups is 1. The summed E-state index contributed by atoms with van der Waals surface area (Å²) in [6.07, 6.45) is 0. The fraction of sp³-hybridized carbons (Fsp3) is 0.100. The van der Waals surface area contributed by atoms with Crippen LogP contribution in [0.5, 0.6) is 0 Å². The summed E-state index contributed by atoms with van der Waals surface area (Å²) in [5.74, 6) is -1.42. The van der Waals surface area contributed by atoms with Crippen LogP contribution in [0.3, 0.4) is 0 Å². The van der Waals surface area contributed by atoms with E-state index in [0.717, 1.165) is 26.1 Å². The Labute approximate surface area is 240 Å².